The fourth-order valence-corrected chi connectivity index (χ4v) is 2.61. The summed E-state index contributed by atoms with van der Waals surface area (Å²) in [6, 6.07) is 13.3. The van der Waals surface area contributed by atoms with Gasteiger partial charge >= 0.3 is 0 Å². The fourth-order valence-electron chi connectivity index (χ4n) is 1.40. The smallest absolute Gasteiger partial charge is 0.253 e. The Balaban J connectivity index is 1.84. The molecule has 20 heavy (non-hydrogen) atoms. The number of rotatable bonds is 5. The average Bonchev–Trinajstić information content (AvgIpc) is 2.85. The Morgan fingerprint density at radius 1 is 1.35 bits per heavy atom. The molecule has 4 nitrogen and oxygen atoms in total. The lowest BCUT2D eigenvalue weighted by Crippen LogP contribution is -2.26. The summed E-state index contributed by atoms with van der Waals surface area (Å²) in [7, 11) is 0. The van der Waals surface area contributed by atoms with Gasteiger partial charge in [-0.05, 0) is 47.1 Å². The Bertz CT molecular complexity index is 598. The lowest BCUT2D eigenvalue weighted by molar-refractivity contribution is -0.120. The lowest BCUT2D eigenvalue weighted by Gasteiger charge is -2.08. The fraction of sp³-hybridized carbons (Fsp3) is 0.143. The first-order valence-corrected chi connectivity index (χ1v) is 7.62. The van der Waals surface area contributed by atoms with E-state index in [1.807, 2.05) is 37.3 Å². The maximum atomic E-state index is 11.9. The quantitative estimate of drug-likeness (QED) is 0.507. The lowest BCUT2D eigenvalue weighted by atomic mass is 10.4. The summed E-state index contributed by atoms with van der Waals surface area (Å²) in [6.45, 7) is 1.84. The number of amides is 1. The van der Waals surface area contributed by atoms with Crippen molar-refractivity contribution in [1.82, 2.24) is 5.43 Å². The molecule has 0 saturated carbocycles. The molecule has 2 aromatic rings. The molecular weight excluding hydrogens is 340 g/mol. The van der Waals surface area contributed by atoms with Crippen LogP contribution in [0.1, 0.15) is 12.7 Å². The molecule has 0 aliphatic heterocycles. The minimum Gasteiger partial charge on any atom is -0.448 e. The third-order valence-corrected chi connectivity index (χ3v) is 3.92. The summed E-state index contributed by atoms with van der Waals surface area (Å²) in [6.07, 6.45) is 1.46. The van der Waals surface area contributed by atoms with Crippen LogP contribution in [-0.2, 0) is 4.79 Å². The molecule has 6 heteroatoms. The van der Waals surface area contributed by atoms with Crippen LogP contribution in [0.25, 0.3) is 0 Å². The minimum atomic E-state index is -0.224. The predicted octanol–water partition coefficient (Wildman–Crippen LogP) is 3.67. The number of halogens is 1. The SMILES string of the molecule is C[C@H](Sc1ccccc1)C(=O)N/N=C\c1ccc(Br)o1. The van der Waals surface area contributed by atoms with Gasteiger partial charge in [-0.1, -0.05) is 18.2 Å². The molecular formula is C14H13BrN2O2S. The van der Waals surface area contributed by atoms with Crippen molar-refractivity contribution < 1.29 is 9.21 Å². The molecule has 1 atom stereocenters. The maximum absolute atomic E-state index is 11.9. The molecule has 1 aromatic heterocycles. The standard InChI is InChI=1S/C14H13BrN2O2S/c1-10(20-12-5-3-2-4-6-12)14(18)17-16-9-11-7-8-13(15)19-11/h2-10H,1H3,(H,17,18)/b16-9-/t10-/m0/s1. The zero-order valence-electron chi connectivity index (χ0n) is 10.7. The summed E-state index contributed by atoms with van der Waals surface area (Å²) in [4.78, 5) is 12.9. The van der Waals surface area contributed by atoms with Crippen molar-refractivity contribution in [2.75, 3.05) is 0 Å². The number of hydrogen-bond acceptors (Lipinski definition) is 4. The first-order valence-electron chi connectivity index (χ1n) is 5.95. The molecule has 0 saturated heterocycles. The average molecular weight is 353 g/mol. The summed E-state index contributed by atoms with van der Waals surface area (Å²) >= 11 is 4.68. The van der Waals surface area contributed by atoms with Crippen molar-refractivity contribution in [2.45, 2.75) is 17.1 Å². The third kappa shape index (κ3) is 4.54. The van der Waals surface area contributed by atoms with E-state index in [9.17, 15) is 4.79 Å². The van der Waals surface area contributed by atoms with Crippen LogP contribution in [-0.4, -0.2) is 17.4 Å². The van der Waals surface area contributed by atoms with Gasteiger partial charge in [0.2, 0.25) is 0 Å². The van der Waals surface area contributed by atoms with Crippen LogP contribution in [0.15, 0.2) is 61.5 Å². The number of benzene rings is 1. The van der Waals surface area contributed by atoms with Gasteiger partial charge in [0.25, 0.3) is 5.91 Å². The van der Waals surface area contributed by atoms with E-state index >= 15 is 0 Å². The second kappa shape index (κ2) is 7.31. The minimum absolute atomic E-state index is 0.152. The van der Waals surface area contributed by atoms with Gasteiger partial charge < -0.3 is 4.42 Å². The van der Waals surface area contributed by atoms with Gasteiger partial charge in [0.1, 0.15) is 5.76 Å². The Kier molecular flexibility index (Phi) is 5.43. The Morgan fingerprint density at radius 2 is 2.10 bits per heavy atom. The maximum Gasteiger partial charge on any atom is 0.253 e. The monoisotopic (exact) mass is 352 g/mol. The van der Waals surface area contributed by atoms with Crippen molar-refractivity contribution in [1.29, 1.82) is 0 Å². The van der Waals surface area contributed by atoms with E-state index in [0.717, 1.165) is 4.90 Å². The molecule has 2 rings (SSSR count). The highest BCUT2D eigenvalue weighted by atomic mass is 79.9. The van der Waals surface area contributed by atoms with Gasteiger partial charge in [0, 0.05) is 4.90 Å². The highest BCUT2D eigenvalue weighted by molar-refractivity contribution is 9.10. The summed E-state index contributed by atoms with van der Waals surface area (Å²) in [5.41, 5.74) is 2.49. The van der Waals surface area contributed by atoms with E-state index in [-0.39, 0.29) is 11.2 Å². The van der Waals surface area contributed by atoms with Crippen molar-refractivity contribution in [3.05, 3.63) is 52.9 Å². The molecule has 1 amide bonds. The van der Waals surface area contributed by atoms with Crippen LogP contribution in [0, 0.1) is 0 Å². The van der Waals surface area contributed by atoms with Crippen molar-refractivity contribution in [3.8, 4) is 0 Å². The van der Waals surface area contributed by atoms with E-state index in [1.54, 1.807) is 12.1 Å². The second-order valence-corrected chi connectivity index (χ2v) is 6.15. The van der Waals surface area contributed by atoms with Crippen LogP contribution >= 0.6 is 27.7 Å². The highest BCUT2D eigenvalue weighted by Gasteiger charge is 2.13. The number of furan rings is 1. The molecule has 0 aliphatic rings. The summed E-state index contributed by atoms with van der Waals surface area (Å²) < 4.78 is 5.86. The number of carbonyl (C=O) groups is 1. The largest absolute Gasteiger partial charge is 0.448 e. The second-order valence-electron chi connectivity index (χ2n) is 3.95. The van der Waals surface area contributed by atoms with Gasteiger partial charge in [-0.25, -0.2) is 5.43 Å². The van der Waals surface area contributed by atoms with E-state index in [2.05, 4.69) is 26.5 Å². The molecule has 1 heterocycles. The molecule has 0 bridgehead atoms. The van der Waals surface area contributed by atoms with Crippen LogP contribution < -0.4 is 5.43 Å². The number of nitrogens with zero attached hydrogens (tertiary/aromatic N) is 1. The predicted molar refractivity (Wildman–Crippen MR) is 83.9 cm³/mol. The first-order chi connectivity index (χ1) is 9.65. The van der Waals surface area contributed by atoms with Crippen LogP contribution in [0.5, 0.6) is 0 Å². The Morgan fingerprint density at radius 3 is 2.75 bits per heavy atom. The van der Waals surface area contributed by atoms with Gasteiger partial charge in [-0.3, -0.25) is 4.79 Å². The van der Waals surface area contributed by atoms with Gasteiger partial charge in [0.15, 0.2) is 4.67 Å². The van der Waals surface area contributed by atoms with Gasteiger partial charge in [-0.2, -0.15) is 5.10 Å². The molecule has 0 unspecified atom stereocenters. The molecule has 0 radical (unpaired) electrons. The van der Waals surface area contributed by atoms with E-state index in [4.69, 9.17) is 4.42 Å². The summed E-state index contributed by atoms with van der Waals surface area (Å²) in [5, 5.41) is 3.64. The number of hydrazone groups is 1. The van der Waals surface area contributed by atoms with Crippen LogP contribution in [0.4, 0.5) is 0 Å². The molecule has 104 valence electrons. The van der Waals surface area contributed by atoms with Crippen LogP contribution in [0.3, 0.4) is 0 Å². The molecule has 0 aliphatic carbocycles. The molecule has 1 aromatic carbocycles. The number of carbonyl (C=O) groups excluding carboxylic acids is 1. The molecule has 1 N–H and O–H groups in total. The molecule has 0 fully saturated rings. The van der Waals surface area contributed by atoms with Crippen molar-refractivity contribution in [2.24, 2.45) is 5.10 Å². The first kappa shape index (κ1) is 14.9. The van der Waals surface area contributed by atoms with E-state index < -0.39 is 0 Å². The number of nitrogens with one attached hydrogen (secondary N) is 1. The zero-order chi connectivity index (χ0) is 14.4. The normalized spacial score (nSPS) is 12.5. The number of hydrogen-bond donors (Lipinski definition) is 1. The van der Waals surface area contributed by atoms with E-state index in [1.165, 1.54) is 18.0 Å². The topological polar surface area (TPSA) is 54.6 Å². The zero-order valence-corrected chi connectivity index (χ0v) is 13.1. The van der Waals surface area contributed by atoms with Crippen molar-refractivity contribution >= 4 is 39.8 Å². The molecule has 0 spiro atoms. The Labute approximate surface area is 129 Å². The van der Waals surface area contributed by atoms with Crippen molar-refractivity contribution in [3.63, 3.8) is 0 Å². The summed E-state index contributed by atoms with van der Waals surface area (Å²) in [5.74, 6) is 0.418. The Hall–Kier alpha value is -1.53. The van der Waals surface area contributed by atoms with Gasteiger partial charge in [0.05, 0.1) is 11.5 Å². The van der Waals surface area contributed by atoms with E-state index in [0.29, 0.717) is 10.4 Å². The third-order valence-electron chi connectivity index (χ3n) is 2.39. The highest BCUT2D eigenvalue weighted by Crippen LogP contribution is 2.22. The van der Waals surface area contributed by atoms with Gasteiger partial charge in [-0.15, -0.1) is 11.8 Å². The van der Waals surface area contributed by atoms with Crippen LogP contribution in [0.2, 0.25) is 0 Å². The number of thioether (sulfide) groups is 1.